The van der Waals surface area contributed by atoms with Crippen LogP contribution in [-0.4, -0.2) is 52.0 Å². The summed E-state index contributed by atoms with van der Waals surface area (Å²) in [7, 11) is 0. The summed E-state index contributed by atoms with van der Waals surface area (Å²) in [6.07, 6.45) is 1.69. The third-order valence-corrected chi connectivity index (χ3v) is 6.35. The molecule has 24 heavy (non-hydrogen) atoms. The lowest BCUT2D eigenvalue weighted by Gasteiger charge is -2.44. The molecule has 1 spiro atoms. The molecule has 5 nitrogen and oxygen atoms in total. The first kappa shape index (κ1) is 17.1. The van der Waals surface area contributed by atoms with Crippen LogP contribution in [0.4, 0.5) is 10.5 Å². The predicted molar refractivity (Wildman–Crippen MR) is 98.0 cm³/mol. The van der Waals surface area contributed by atoms with Crippen LogP contribution >= 0.6 is 11.8 Å². The molecule has 2 aliphatic rings. The summed E-state index contributed by atoms with van der Waals surface area (Å²) in [5.41, 5.74) is 0.814. The Labute approximate surface area is 147 Å². The highest BCUT2D eigenvalue weighted by molar-refractivity contribution is 8.00. The monoisotopic (exact) mass is 347 g/mol. The number of urea groups is 1. The van der Waals surface area contributed by atoms with E-state index in [9.17, 15) is 9.59 Å². The predicted octanol–water partition coefficient (Wildman–Crippen LogP) is 3.24. The van der Waals surface area contributed by atoms with Crippen molar-refractivity contribution in [3.63, 3.8) is 0 Å². The third-order valence-electron chi connectivity index (χ3n) is 4.79. The minimum Gasteiger partial charge on any atom is -0.327 e. The van der Waals surface area contributed by atoms with Crippen molar-refractivity contribution in [2.75, 3.05) is 30.7 Å². The lowest BCUT2D eigenvalue weighted by atomic mass is 10.0. The quantitative estimate of drug-likeness (QED) is 0.893. The van der Waals surface area contributed by atoms with E-state index in [2.05, 4.69) is 10.2 Å². The molecule has 0 aromatic heterocycles. The van der Waals surface area contributed by atoms with E-state index >= 15 is 0 Å². The molecule has 1 N–H and O–H groups in total. The Morgan fingerprint density at radius 3 is 2.42 bits per heavy atom. The Morgan fingerprint density at radius 1 is 1.12 bits per heavy atom. The first-order chi connectivity index (χ1) is 11.5. The Bertz CT molecular complexity index is 598. The Kier molecular flexibility index (Phi) is 5.04. The van der Waals surface area contributed by atoms with Crippen molar-refractivity contribution in [2.45, 2.75) is 31.6 Å². The Balaban J connectivity index is 1.61. The highest BCUT2D eigenvalue weighted by Crippen LogP contribution is 2.44. The van der Waals surface area contributed by atoms with Crippen molar-refractivity contribution >= 4 is 29.4 Å². The van der Waals surface area contributed by atoms with E-state index in [0.29, 0.717) is 13.1 Å². The number of nitrogens with one attached hydrogen (secondary N) is 1. The van der Waals surface area contributed by atoms with E-state index in [1.54, 1.807) is 0 Å². The van der Waals surface area contributed by atoms with E-state index in [4.69, 9.17) is 0 Å². The number of hydrogen-bond acceptors (Lipinski definition) is 3. The first-order valence-electron chi connectivity index (χ1n) is 8.58. The third kappa shape index (κ3) is 3.38. The number of carbonyl (C=O) groups excluding carboxylic acids is 2. The number of hydrogen-bond donors (Lipinski definition) is 1. The number of anilines is 1. The number of thioether (sulfide) groups is 1. The second kappa shape index (κ2) is 7.05. The van der Waals surface area contributed by atoms with Crippen molar-refractivity contribution in [2.24, 2.45) is 5.92 Å². The van der Waals surface area contributed by atoms with Gasteiger partial charge in [0.25, 0.3) is 0 Å². The molecule has 0 unspecified atom stereocenters. The number of nitrogens with zero attached hydrogens (tertiary/aromatic N) is 2. The molecule has 2 fully saturated rings. The SMILES string of the molecule is CC(C)C(=O)N1CCSC12CCN(C(=O)Nc1ccccc1)CC2. The topological polar surface area (TPSA) is 52.7 Å². The van der Waals surface area contributed by atoms with E-state index in [0.717, 1.165) is 30.8 Å². The smallest absolute Gasteiger partial charge is 0.321 e. The minimum absolute atomic E-state index is 0.0278. The van der Waals surface area contributed by atoms with Gasteiger partial charge in [-0.25, -0.2) is 4.79 Å². The molecule has 0 atom stereocenters. The molecule has 2 aliphatic heterocycles. The molecule has 0 bridgehead atoms. The van der Waals surface area contributed by atoms with Crippen LogP contribution in [0.15, 0.2) is 30.3 Å². The van der Waals surface area contributed by atoms with Gasteiger partial charge >= 0.3 is 6.03 Å². The summed E-state index contributed by atoms with van der Waals surface area (Å²) >= 11 is 1.88. The molecule has 0 aliphatic carbocycles. The summed E-state index contributed by atoms with van der Waals surface area (Å²) in [6, 6.07) is 9.47. The van der Waals surface area contributed by atoms with Crippen LogP contribution in [0.1, 0.15) is 26.7 Å². The zero-order valence-corrected chi connectivity index (χ0v) is 15.1. The van der Waals surface area contributed by atoms with Gasteiger partial charge in [-0.1, -0.05) is 32.0 Å². The van der Waals surface area contributed by atoms with Crippen LogP contribution in [-0.2, 0) is 4.79 Å². The fourth-order valence-corrected chi connectivity index (χ4v) is 4.89. The molecule has 1 aromatic carbocycles. The lowest BCUT2D eigenvalue weighted by Crippen LogP contribution is -2.55. The zero-order valence-electron chi connectivity index (χ0n) is 14.3. The number of rotatable bonds is 2. The number of likely N-dealkylation sites (tertiary alicyclic amines) is 1. The van der Waals surface area contributed by atoms with Crippen LogP contribution < -0.4 is 5.32 Å². The van der Waals surface area contributed by atoms with Gasteiger partial charge in [-0.15, -0.1) is 11.8 Å². The van der Waals surface area contributed by atoms with Crippen molar-refractivity contribution in [1.82, 2.24) is 9.80 Å². The van der Waals surface area contributed by atoms with Gasteiger partial charge in [0, 0.05) is 37.0 Å². The highest BCUT2D eigenvalue weighted by atomic mass is 32.2. The van der Waals surface area contributed by atoms with Crippen LogP contribution in [0.3, 0.4) is 0 Å². The molecule has 6 heteroatoms. The van der Waals surface area contributed by atoms with E-state index in [1.807, 2.05) is 60.8 Å². The van der Waals surface area contributed by atoms with Gasteiger partial charge in [0.05, 0.1) is 4.87 Å². The van der Waals surface area contributed by atoms with Crippen molar-refractivity contribution in [3.8, 4) is 0 Å². The molecule has 3 rings (SSSR count). The molecular weight excluding hydrogens is 322 g/mol. The second-order valence-corrected chi connectivity index (χ2v) is 8.18. The summed E-state index contributed by atoms with van der Waals surface area (Å²) in [4.78, 5) is 28.7. The van der Waals surface area contributed by atoms with Crippen LogP contribution in [0.25, 0.3) is 0 Å². The fourth-order valence-electron chi connectivity index (χ4n) is 3.43. The summed E-state index contributed by atoms with van der Waals surface area (Å²) in [6.45, 7) is 6.13. The van der Waals surface area contributed by atoms with Crippen LogP contribution in [0.2, 0.25) is 0 Å². The number of para-hydroxylation sites is 1. The largest absolute Gasteiger partial charge is 0.327 e. The molecular formula is C18H25N3O2S. The summed E-state index contributed by atoms with van der Waals surface area (Å²) < 4.78 is 0. The van der Waals surface area contributed by atoms with Crippen molar-refractivity contribution in [3.05, 3.63) is 30.3 Å². The first-order valence-corrected chi connectivity index (χ1v) is 9.57. The average Bonchev–Trinajstić information content (AvgIpc) is 2.98. The average molecular weight is 347 g/mol. The highest BCUT2D eigenvalue weighted by Gasteiger charge is 2.47. The fraction of sp³-hybridized carbons (Fsp3) is 0.556. The standard InChI is InChI=1S/C18H25N3O2S/c1-14(2)16(22)21-12-13-24-18(21)8-10-20(11-9-18)17(23)19-15-6-4-3-5-7-15/h3-7,14H,8-13H2,1-2H3,(H,19,23). The van der Waals surface area contributed by atoms with Crippen LogP contribution in [0.5, 0.6) is 0 Å². The molecule has 130 valence electrons. The van der Waals surface area contributed by atoms with Gasteiger partial charge in [-0.3, -0.25) is 4.79 Å². The molecule has 1 aromatic rings. The van der Waals surface area contributed by atoms with E-state index in [-0.39, 0.29) is 22.7 Å². The van der Waals surface area contributed by atoms with E-state index in [1.165, 1.54) is 0 Å². The molecule has 2 heterocycles. The minimum atomic E-state index is -0.106. The van der Waals surface area contributed by atoms with Gasteiger partial charge in [-0.2, -0.15) is 0 Å². The molecule has 0 radical (unpaired) electrons. The van der Waals surface area contributed by atoms with Gasteiger partial charge in [-0.05, 0) is 25.0 Å². The van der Waals surface area contributed by atoms with E-state index < -0.39 is 0 Å². The second-order valence-electron chi connectivity index (χ2n) is 6.72. The molecule has 2 saturated heterocycles. The maximum absolute atomic E-state index is 12.5. The van der Waals surface area contributed by atoms with Gasteiger partial charge in [0.15, 0.2) is 0 Å². The summed E-state index contributed by atoms with van der Waals surface area (Å²) in [5.74, 6) is 1.26. The van der Waals surface area contributed by atoms with Crippen molar-refractivity contribution < 1.29 is 9.59 Å². The number of piperidine rings is 1. The molecule has 0 saturated carbocycles. The Hall–Kier alpha value is -1.69. The normalized spacial score (nSPS) is 19.8. The summed E-state index contributed by atoms with van der Waals surface area (Å²) in [5, 5.41) is 2.94. The van der Waals surface area contributed by atoms with Gasteiger partial charge in [0.1, 0.15) is 0 Å². The van der Waals surface area contributed by atoms with Crippen LogP contribution in [0, 0.1) is 5.92 Å². The lowest BCUT2D eigenvalue weighted by molar-refractivity contribution is -0.137. The Morgan fingerprint density at radius 2 is 1.79 bits per heavy atom. The van der Waals surface area contributed by atoms with Gasteiger partial charge in [0.2, 0.25) is 5.91 Å². The number of amides is 3. The van der Waals surface area contributed by atoms with Crippen molar-refractivity contribution in [1.29, 1.82) is 0 Å². The zero-order chi connectivity index (χ0) is 17.2. The number of carbonyl (C=O) groups is 2. The maximum atomic E-state index is 12.5. The van der Waals surface area contributed by atoms with Gasteiger partial charge < -0.3 is 15.1 Å². The molecule has 3 amide bonds. The maximum Gasteiger partial charge on any atom is 0.321 e. The number of benzene rings is 1.